The second-order valence-corrected chi connectivity index (χ2v) is 14.9. The molecule has 0 saturated carbocycles. The van der Waals surface area contributed by atoms with Gasteiger partial charge in [0, 0.05) is 81.5 Å². The number of hydrogen-bond donors (Lipinski definition) is 6. The van der Waals surface area contributed by atoms with E-state index in [0.717, 1.165) is 78.0 Å². The van der Waals surface area contributed by atoms with Gasteiger partial charge in [0.25, 0.3) is 0 Å². The third-order valence-corrected chi connectivity index (χ3v) is 11.1. The maximum atomic E-state index is 13.2. The molecule has 3 aliphatic heterocycles. The fraction of sp³-hybridized carbons (Fsp3) is 0.125. The number of ether oxygens (including phenoxy) is 2. The fourth-order valence-corrected chi connectivity index (χ4v) is 8.06. The standard InChI is InChI=1S/C48H37N7O7/c56-44-39(62-48(60)46(58)45(44)57)25-61-47(59)30-3-1-26(2-4-30)40-31-5-7-33(52-31)41(27-13-19-49-20-14-27)35-9-11-37(54-35)43(29-17-23-51-24-18-29)38-12-10-36(55-38)42(28-15-21-50-22-16-28)34-8-6-32(40)53-34/h1-24,39,44-46,48,52,55-58,60H,25H2/t39-,44+,45+,46-,48?/m1/s1. The molecule has 1 saturated heterocycles. The number of aliphatic hydroxyl groups excluding tert-OH is 4. The van der Waals surface area contributed by atoms with Crippen LogP contribution in [-0.2, 0) is 9.47 Å². The highest BCUT2D eigenvalue weighted by Crippen LogP contribution is 2.38. The van der Waals surface area contributed by atoms with Crippen LogP contribution < -0.4 is 0 Å². The first-order valence-corrected chi connectivity index (χ1v) is 19.8. The molecule has 6 aromatic heterocycles. The lowest BCUT2D eigenvalue weighted by Crippen LogP contribution is -2.58. The Morgan fingerprint density at radius 1 is 0.500 bits per heavy atom. The SMILES string of the molecule is O=C(OC[C@H]1OC(O)[C@H](O)[C@@H](O)[C@H]1O)c1ccc(-c2c3nc(c(-c4ccncc4)c4ccc([nH]4)c(-c4ccncc4)c4nc(c(-c5ccncc5)c5ccc2[nH]5)C=C4)C=C3)cc1. The number of hydrogen-bond acceptors (Lipinski definition) is 12. The van der Waals surface area contributed by atoms with Crippen LogP contribution in [0.1, 0.15) is 33.1 Å². The minimum Gasteiger partial charge on any atom is -0.459 e. The van der Waals surface area contributed by atoms with Crippen LogP contribution in [0.4, 0.5) is 0 Å². The smallest absolute Gasteiger partial charge is 0.338 e. The molecule has 5 atom stereocenters. The first kappa shape index (κ1) is 38.7. The van der Waals surface area contributed by atoms with Crippen molar-refractivity contribution in [2.24, 2.45) is 0 Å². The summed E-state index contributed by atoms with van der Waals surface area (Å²) in [6, 6.07) is 26.7. The largest absolute Gasteiger partial charge is 0.459 e. The molecule has 8 bridgehead atoms. The average Bonchev–Trinajstić information content (AvgIpc) is 4.16. The van der Waals surface area contributed by atoms with Gasteiger partial charge >= 0.3 is 5.97 Å². The summed E-state index contributed by atoms with van der Waals surface area (Å²) in [6.07, 6.45) is 10.6. The lowest BCUT2D eigenvalue weighted by Gasteiger charge is -2.37. The van der Waals surface area contributed by atoms with Crippen molar-refractivity contribution in [1.82, 2.24) is 34.9 Å². The number of nitrogens with one attached hydrogen (secondary N) is 2. The maximum Gasteiger partial charge on any atom is 0.338 e. The lowest BCUT2D eigenvalue weighted by molar-refractivity contribution is -0.286. The van der Waals surface area contributed by atoms with Crippen molar-refractivity contribution in [3.05, 3.63) is 150 Å². The van der Waals surface area contributed by atoms with Gasteiger partial charge in [-0.3, -0.25) is 15.0 Å². The van der Waals surface area contributed by atoms with Gasteiger partial charge in [0.15, 0.2) is 6.29 Å². The molecule has 3 aliphatic rings. The van der Waals surface area contributed by atoms with Crippen LogP contribution in [0.3, 0.4) is 0 Å². The molecule has 0 radical (unpaired) electrons. The summed E-state index contributed by atoms with van der Waals surface area (Å²) >= 11 is 0. The van der Waals surface area contributed by atoms with E-state index in [9.17, 15) is 25.2 Å². The highest BCUT2D eigenvalue weighted by Gasteiger charge is 2.43. The third-order valence-electron chi connectivity index (χ3n) is 11.1. The minimum absolute atomic E-state index is 0.211. The van der Waals surface area contributed by atoms with Gasteiger partial charge in [-0.2, -0.15) is 0 Å². The average molecular weight is 824 g/mol. The predicted octanol–water partition coefficient (Wildman–Crippen LogP) is 6.47. The number of aliphatic hydroxyl groups is 4. The molecule has 62 heavy (non-hydrogen) atoms. The Hall–Kier alpha value is -7.46. The first-order chi connectivity index (χ1) is 30.3. The lowest BCUT2D eigenvalue weighted by atomic mass is 9.99. The van der Waals surface area contributed by atoms with E-state index < -0.39 is 43.3 Å². The van der Waals surface area contributed by atoms with Crippen molar-refractivity contribution >= 4 is 52.3 Å². The number of carbonyl (C=O) groups is 1. The van der Waals surface area contributed by atoms with Crippen LogP contribution >= 0.6 is 0 Å². The molecule has 14 heteroatoms. The molecule has 7 aromatic rings. The van der Waals surface area contributed by atoms with Crippen LogP contribution in [0.5, 0.6) is 0 Å². The second kappa shape index (κ2) is 16.2. The van der Waals surface area contributed by atoms with Gasteiger partial charge in [-0.25, -0.2) is 14.8 Å². The Morgan fingerprint density at radius 3 is 1.26 bits per heavy atom. The maximum absolute atomic E-state index is 13.2. The molecule has 10 rings (SSSR count). The van der Waals surface area contributed by atoms with Crippen LogP contribution in [0.15, 0.2) is 122 Å². The molecule has 0 amide bonds. The molecular formula is C48H37N7O7. The second-order valence-electron chi connectivity index (χ2n) is 14.9. The van der Waals surface area contributed by atoms with Crippen molar-refractivity contribution in [2.45, 2.75) is 30.7 Å². The van der Waals surface area contributed by atoms with Crippen molar-refractivity contribution in [1.29, 1.82) is 0 Å². The van der Waals surface area contributed by atoms with Gasteiger partial charge in [-0.1, -0.05) is 12.1 Å². The zero-order chi connectivity index (χ0) is 42.3. The van der Waals surface area contributed by atoms with Crippen LogP contribution in [0.2, 0.25) is 0 Å². The van der Waals surface area contributed by atoms with E-state index in [-0.39, 0.29) is 5.56 Å². The summed E-state index contributed by atoms with van der Waals surface area (Å²) in [6.45, 7) is -0.469. The number of carbonyl (C=O) groups excluding carboxylic acids is 1. The summed E-state index contributed by atoms with van der Waals surface area (Å²) in [7, 11) is 0. The van der Waals surface area contributed by atoms with Crippen molar-refractivity contribution in [3.8, 4) is 44.5 Å². The quantitative estimate of drug-likeness (QED) is 0.0956. The van der Waals surface area contributed by atoms with Crippen molar-refractivity contribution in [3.63, 3.8) is 0 Å². The Kier molecular flexibility index (Phi) is 10.1. The molecule has 1 fully saturated rings. The number of pyridine rings is 3. The van der Waals surface area contributed by atoms with Crippen molar-refractivity contribution < 1.29 is 34.7 Å². The third kappa shape index (κ3) is 7.17. The van der Waals surface area contributed by atoms with E-state index >= 15 is 0 Å². The van der Waals surface area contributed by atoms with Crippen LogP contribution in [0, 0.1) is 0 Å². The molecule has 1 unspecified atom stereocenters. The molecule has 9 heterocycles. The zero-order valence-electron chi connectivity index (χ0n) is 32.7. The van der Waals surface area contributed by atoms with Crippen LogP contribution in [-0.4, -0.2) is 98.6 Å². The summed E-state index contributed by atoms with van der Waals surface area (Å²) in [5.74, 6) is -0.717. The van der Waals surface area contributed by atoms with E-state index in [0.29, 0.717) is 11.4 Å². The number of H-pyrrole nitrogens is 2. The number of nitrogens with zero attached hydrogens (tertiary/aromatic N) is 5. The topological polar surface area (TPSA) is 212 Å². The summed E-state index contributed by atoms with van der Waals surface area (Å²) < 4.78 is 10.6. The van der Waals surface area contributed by atoms with Gasteiger partial charge in [0.05, 0.1) is 28.3 Å². The summed E-state index contributed by atoms with van der Waals surface area (Å²) in [4.78, 5) is 44.0. The van der Waals surface area contributed by atoms with Gasteiger partial charge in [0.1, 0.15) is 31.0 Å². The number of aromatic amines is 2. The molecular weight excluding hydrogens is 787 g/mol. The first-order valence-electron chi connectivity index (χ1n) is 19.8. The van der Waals surface area contributed by atoms with Gasteiger partial charge < -0.3 is 39.9 Å². The molecule has 0 spiro atoms. The van der Waals surface area contributed by atoms with Gasteiger partial charge in [-0.15, -0.1) is 0 Å². The van der Waals surface area contributed by atoms with E-state index in [1.807, 2.05) is 78.9 Å². The molecule has 1 aromatic carbocycles. The van der Waals surface area contributed by atoms with E-state index in [4.69, 9.17) is 19.4 Å². The van der Waals surface area contributed by atoms with E-state index in [1.165, 1.54) is 0 Å². The minimum atomic E-state index is -1.75. The molecule has 14 nitrogen and oxygen atoms in total. The number of aromatic nitrogens is 7. The Bertz CT molecular complexity index is 3010. The molecule has 0 aliphatic carbocycles. The van der Waals surface area contributed by atoms with Crippen LogP contribution in [0.25, 0.3) is 90.9 Å². The predicted molar refractivity (Wildman–Crippen MR) is 233 cm³/mol. The normalized spacial score (nSPS) is 19.4. The number of fused-ring (bicyclic) bond motifs is 8. The van der Waals surface area contributed by atoms with Gasteiger partial charge in [0.2, 0.25) is 0 Å². The van der Waals surface area contributed by atoms with Gasteiger partial charge in [-0.05, 0) is 119 Å². The molecule has 6 N–H and O–H groups in total. The van der Waals surface area contributed by atoms with Crippen molar-refractivity contribution in [2.75, 3.05) is 6.61 Å². The van der Waals surface area contributed by atoms with E-state index in [2.05, 4.69) is 31.0 Å². The highest BCUT2D eigenvalue weighted by atomic mass is 16.6. The Morgan fingerprint density at radius 2 is 0.871 bits per heavy atom. The monoisotopic (exact) mass is 823 g/mol. The highest BCUT2D eigenvalue weighted by molar-refractivity contribution is 6.00. The fourth-order valence-electron chi connectivity index (χ4n) is 8.06. The Labute approximate surface area is 353 Å². The number of esters is 1. The number of benzene rings is 1. The summed E-state index contributed by atoms with van der Waals surface area (Å²) in [5, 5.41) is 40.1. The van der Waals surface area contributed by atoms with E-state index in [1.54, 1.807) is 61.4 Å². The summed E-state index contributed by atoms with van der Waals surface area (Å²) in [5.41, 5.74) is 13.3. The molecule has 306 valence electrons. The Balaban J connectivity index is 1.17. The zero-order valence-corrected chi connectivity index (χ0v) is 32.7. The number of rotatable bonds is 7.